The lowest BCUT2D eigenvalue weighted by Crippen LogP contribution is -2.31. The Morgan fingerprint density at radius 1 is 1.60 bits per heavy atom. The van der Waals surface area contributed by atoms with Crippen molar-refractivity contribution in [3.8, 4) is 0 Å². The van der Waals surface area contributed by atoms with E-state index in [0.29, 0.717) is 0 Å². The van der Waals surface area contributed by atoms with Gasteiger partial charge in [-0.2, -0.15) is 0 Å². The highest BCUT2D eigenvalue weighted by Gasteiger charge is 2.07. The zero-order valence-corrected chi connectivity index (χ0v) is 7.84. The van der Waals surface area contributed by atoms with Crippen LogP contribution in [0.15, 0.2) is 0 Å². The Balaban J connectivity index is 0. The summed E-state index contributed by atoms with van der Waals surface area (Å²) >= 11 is 7.33. The van der Waals surface area contributed by atoms with Gasteiger partial charge in [-0.05, 0) is 14.0 Å². The zero-order chi connectivity index (χ0) is 8.57. The SMILES string of the molecule is CN[C@@H](C)C(=O)OC.S=S. The molecule has 1 atom stereocenters. The van der Waals surface area contributed by atoms with E-state index in [0.717, 1.165) is 0 Å². The van der Waals surface area contributed by atoms with Gasteiger partial charge < -0.3 is 10.1 Å². The lowest BCUT2D eigenvalue weighted by molar-refractivity contribution is -0.142. The average Bonchev–Trinajstić information content (AvgIpc) is 2.05. The lowest BCUT2D eigenvalue weighted by Gasteiger charge is -2.04. The molecule has 0 amide bonds. The standard InChI is InChI=1S/C5H11NO2.S2/c1-4(6-2)5(7)8-3;1-2/h4,6H,1-3H3;/t4-;/m0./s1. The molecule has 0 aromatic heterocycles. The quantitative estimate of drug-likeness (QED) is 0.595. The molecule has 0 unspecified atom stereocenters. The van der Waals surface area contributed by atoms with Gasteiger partial charge in [0.1, 0.15) is 6.04 Å². The molecule has 0 heterocycles. The second-order valence-electron chi connectivity index (χ2n) is 1.53. The van der Waals surface area contributed by atoms with Gasteiger partial charge in [-0.1, -0.05) is 0 Å². The molecular weight excluding hydrogens is 170 g/mol. The van der Waals surface area contributed by atoms with Crippen molar-refractivity contribution in [1.29, 1.82) is 0 Å². The Bertz CT molecular complexity index is 99.6. The molecule has 0 fully saturated rings. The van der Waals surface area contributed by atoms with Crippen molar-refractivity contribution in [2.75, 3.05) is 14.2 Å². The third-order valence-electron chi connectivity index (χ3n) is 0.988. The number of esters is 1. The minimum Gasteiger partial charge on any atom is -0.468 e. The maximum Gasteiger partial charge on any atom is 0.322 e. The van der Waals surface area contributed by atoms with Crippen molar-refractivity contribution in [2.24, 2.45) is 0 Å². The molecule has 5 heteroatoms. The van der Waals surface area contributed by atoms with Gasteiger partial charge in [0.25, 0.3) is 0 Å². The molecule has 0 aliphatic rings. The van der Waals surface area contributed by atoms with Gasteiger partial charge in [0.05, 0.1) is 7.11 Å². The first-order valence-electron chi connectivity index (χ1n) is 2.64. The van der Waals surface area contributed by atoms with E-state index in [1.165, 1.54) is 7.11 Å². The number of carbonyl (C=O) groups is 1. The molecule has 0 aromatic carbocycles. The maximum atomic E-state index is 10.5. The average molecular weight is 181 g/mol. The summed E-state index contributed by atoms with van der Waals surface area (Å²) < 4.78 is 4.40. The highest BCUT2D eigenvalue weighted by Crippen LogP contribution is 1.81. The first-order chi connectivity index (χ1) is 4.72. The minimum absolute atomic E-state index is 0.194. The Kier molecular flexibility index (Phi) is 11.1. The summed E-state index contributed by atoms with van der Waals surface area (Å²) in [4.78, 5) is 10.5. The van der Waals surface area contributed by atoms with Crippen LogP contribution < -0.4 is 5.32 Å². The highest BCUT2D eigenvalue weighted by atomic mass is 32.8. The van der Waals surface area contributed by atoms with Crippen LogP contribution in [0.5, 0.6) is 0 Å². The molecule has 60 valence electrons. The van der Waals surface area contributed by atoms with Crippen LogP contribution in [0.2, 0.25) is 0 Å². The molecule has 0 saturated heterocycles. The first kappa shape index (κ1) is 12.5. The fraction of sp³-hybridized carbons (Fsp3) is 0.800. The summed E-state index contributed by atoms with van der Waals surface area (Å²) in [6.45, 7) is 1.74. The van der Waals surface area contributed by atoms with Crippen LogP contribution in [0, 0.1) is 0 Å². The fourth-order valence-corrected chi connectivity index (χ4v) is 0.295. The number of carbonyl (C=O) groups excluding carboxylic acids is 1. The number of likely N-dealkylation sites (N-methyl/N-ethyl adjacent to an activating group) is 1. The van der Waals surface area contributed by atoms with E-state index in [1.807, 2.05) is 0 Å². The molecule has 0 radical (unpaired) electrons. The van der Waals surface area contributed by atoms with Gasteiger partial charge in [-0.15, -0.1) is 0 Å². The molecule has 0 aromatic rings. The van der Waals surface area contributed by atoms with Crippen molar-refractivity contribution in [1.82, 2.24) is 5.32 Å². The van der Waals surface area contributed by atoms with Gasteiger partial charge in [0, 0.05) is 22.4 Å². The molecule has 10 heavy (non-hydrogen) atoms. The summed E-state index contributed by atoms with van der Waals surface area (Å²) in [5, 5.41) is 2.74. The van der Waals surface area contributed by atoms with E-state index in [4.69, 9.17) is 0 Å². The molecule has 0 bridgehead atoms. The number of rotatable bonds is 2. The molecular formula is C5H11NO2S2. The monoisotopic (exact) mass is 181 g/mol. The smallest absolute Gasteiger partial charge is 0.322 e. The van der Waals surface area contributed by atoms with Crippen LogP contribution >= 0.6 is 0 Å². The van der Waals surface area contributed by atoms with E-state index in [1.54, 1.807) is 14.0 Å². The summed E-state index contributed by atoms with van der Waals surface area (Å²) in [6, 6.07) is -0.194. The fourth-order valence-electron chi connectivity index (χ4n) is 0.295. The normalized spacial score (nSPS) is 10.7. The number of methoxy groups -OCH3 is 1. The highest BCUT2D eigenvalue weighted by molar-refractivity contribution is 8.07. The van der Waals surface area contributed by atoms with Crippen molar-refractivity contribution < 1.29 is 9.53 Å². The van der Waals surface area contributed by atoms with Crippen LogP contribution in [0.4, 0.5) is 0 Å². The van der Waals surface area contributed by atoms with Crippen LogP contribution in [0.3, 0.4) is 0 Å². The lowest BCUT2D eigenvalue weighted by atomic mass is 10.4. The van der Waals surface area contributed by atoms with Crippen LogP contribution in [0.1, 0.15) is 6.92 Å². The van der Waals surface area contributed by atoms with Gasteiger partial charge >= 0.3 is 5.97 Å². The van der Waals surface area contributed by atoms with E-state index < -0.39 is 0 Å². The van der Waals surface area contributed by atoms with Crippen LogP contribution in [-0.4, -0.2) is 26.2 Å². The summed E-state index contributed by atoms with van der Waals surface area (Å²) in [5.41, 5.74) is 0. The minimum atomic E-state index is -0.229. The van der Waals surface area contributed by atoms with E-state index >= 15 is 0 Å². The molecule has 0 rings (SSSR count). The van der Waals surface area contributed by atoms with E-state index in [9.17, 15) is 4.79 Å². The van der Waals surface area contributed by atoms with Crippen LogP contribution in [0.25, 0.3) is 0 Å². The summed E-state index contributed by atoms with van der Waals surface area (Å²) in [5.74, 6) is -0.229. The Hall–Kier alpha value is -0.130. The second-order valence-corrected chi connectivity index (χ2v) is 1.53. The van der Waals surface area contributed by atoms with Crippen molar-refractivity contribution in [3.05, 3.63) is 0 Å². The topological polar surface area (TPSA) is 38.3 Å². The molecule has 3 nitrogen and oxygen atoms in total. The van der Waals surface area contributed by atoms with Crippen molar-refractivity contribution in [3.63, 3.8) is 0 Å². The zero-order valence-electron chi connectivity index (χ0n) is 6.21. The van der Waals surface area contributed by atoms with Crippen molar-refractivity contribution >= 4 is 28.3 Å². The first-order valence-corrected chi connectivity index (χ1v) is 3.97. The van der Waals surface area contributed by atoms with Crippen molar-refractivity contribution in [2.45, 2.75) is 13.0 Å². The third-order valence-corrected chi connectivity index (χ3v) is 0.988. The Morgan fingerprint density at radius 3 is 2.10 bits per heavy atom. The van der Waals surface area contributed by atoms with Gasteiger partial charge in [0.15, 0.2) is 0 Å². The Labute approximate surface area is 70.8 Å². The number of nitrogens with one attached hydrogen (secondary N) is 1. The summed E-state index contributed by atoms with van der Waals surface area (Å²) in [7, 11) is 3.08. The molecule has 0 saturated carbocycles. The molecule has 1 N–H and O–H groups in total. The Morgan fingerprint density at radius 2 is 2.00 bits per heavy atom. The van der Waals surface area contributed by atoms with Gasteiger partial charge in [-0.3, -0.25) is 4.79 Å². The molecule has 0 aliphatic heterocycles. The van der Waals surface area contributed by atoms with Gasteiger partial charge in [-0.25, -0.2) is 0 Å². The predicted octanol–water partition coefficient (Wildman–Crippen LogP) is -0.238. The van der Waals surface area contributed by atoms with E-state index in [2.05, 4.69) is 32.4 Å². The number of hydrogen-bond acceptors (Lipinski definition) is 5. The largest absolute Gasteiger partial charge is 0.468 e. The number of ether oxygens (including phenoxy) is 1. The second kappa shape index (κ2) is 8.87. The molecule has 0 spiro atoms. The van der Waals surface area contributed by atoms with Gasteiger partial charge in [0.2, 0.25) is 0 Å². The van der Waals surface area contributed by atoms with E-state index in [-0.39, 0.29) is 12.0 Å². The van der Waals surface area contributed by atoms with Crippen LogP contribution in [-0.2, 0) is 31.9 Å². The number of hydrogen-bond donors (Lipinski definition) is 1. The maximum absolute atomic E-state index is 10.5. The third kappa shape index (κ3) is 6.00. The predicted molar refractivity (Wildman–Crippen MR) is 45.3 cm³/mol. The summed E-state index contributed by atoms with van der Waals surface area (Å²) in [6.07, 6.45) is 0. The molecule has 0 aliphatic carbocycles.